The zero-order chi connectivity index (χ0) is 17.4. The van der Waals surface area contributed by atoms with Crippen LogP contribution < -0.4 is 0 Å². The zero-order valence-corrected chi connectivity index (χ0v) is 14.5. The molecule has 3 aliphatic rings. The van der Waals surface area contributed by atoms with Crippen molar-refractivity contribution in [3.05, 3.63) is 35.9 Å². The van der Waals surface area contributed by atoms with Crippen LogP contribution in [0.15, 0.2) is 30.3 Å². The van der Waals surface area contributed by atoms with Gasteiger partial charge in [0, 0.05) is 51.7 Å². The number of β-amino-alcohol motifs (C(OH)–C–C–N with tert-alkyl or cyclic N) is 1. The molecule has 6 heteroatoms. The van der Waals surface area contributed by atoms with Gasteiger partial charge in [0.15, 0.2) is 0 Å². The number of piperazine rings is 1. The number of amides is 1. The fourth-order valence-corrected chi connectivity index (χ4v) is 4.85. The van der Waals surface area contributed by atoms with E-state index in [0.29, 0.717) is 25.7 Å². The number of rotatable bonds is 4. The van der Waals surface area contributed by atoms with Gasteiger partial charge in [0.2, 0.25) is 5.91 Å². The minimum atomic E-state index is -0.263. The Labute approximate surface area is 148 Å². The van der Waals surface area contributed by atoms with Crippen molar-refractivity contribution in [1.29, 1.82) is 0 Å². The molecule has 0 saturated carbocycles. The van der Waals surface area contributed by atoms with Crippen LogP contribution in [0.5, 0.6) is 0 Å². The average Bonchev–Trinajstić information content (AvgIpc) is 2.93. The predicted molar refractivity (Wildman–Crippen MR) is 93.9 cm³/mol. The lowest BCUT2D eigenvalue weighted by Gasteiger charge is -2.61. The predicted octanol–water partition coefficient (Wildman–Crippen LogP) is -0.0992. The van der Waals surface area contributed by atoms with Crippen molar-refractivity contribution in [2.75, 3.05) is 39.3 Å². The second kappa shape index (κ2) is 6.68. The number of aliphatic hydroxyl groups excluding tert-OH is 2. The van der Waals surface area contributed by atoms with Gasteiger partial charge in [0.05, 0.1) is 18.2 Å². The fraction of sp³-hybridized carbons (Fsp3) is 0.632. The lowest BCUT2D eigenvalue weighted by atomic mass is 9.83. The molecule has 3 aliphatic heterocycles. The number of hydrogen-bond acceptors (Lipinski definition) is 5. The van der Waals surface area contributed by atoms with E-state index in [4.69, 9.17) is 5.11 Å². The van der Waals surface area contributed by atoms with Crippen molar-refractivity contribution in [2.45, 2.75) is 37.1 Å². The summed E-state index contributed by atoms with van der Waals surface area (Å²) in [5, 5.41) is 19.2. The number of benzene rings is 1. The van der Waals surface area contributed by atoms with Gasteiger partial charge in [-0.15, -0.1) is 0 Å². The highest BCUT2D eigenvalue weighted by Crippen LogP contribution is 2.39. The van der Waals surface area contributed by atoms with E-state index in [-0.39, 0.29) is 30.6 Å². The quantitative estimate of drug-likeness (QED) is 0.798. The van der Waals surface area contributed by atoms with Crippen molar-refractivity contribution in [2.24, 2.45) is 0 Å². The number of aliphatic hydroxyl groups is 2. The minimum Gasteiger partial charge on any atom is -0.396 e. The van der Waals surface area contributed by atoms with Crippen LogP contribution in [0.1, 0.15) is 18.4 Å². The van der Waals surface area contributed by atoms with E-state index in [0.717, 1.165) is 26.1 Å². The molecule has 136 valence electrons. The number of carbonyl (C=O) groups is 1. The molecule has 4 rings (SSSR count). The second-order valence-corrected chi connectivity index (χ2v) is 7.80. The Morgan fingerprint density at radius 3 is 2.64 bits per heavy atom. The summed E-state index contributed by atoms with van der Waals surface area (Å²) in [7, 11) is 0. The summed E-state index contributed by atoms with van der Waals surface area (Å²) in [6, 6.07) is 10.8. The summed E-state index contributed by atoms with van der Waals surface area (Å²) in [6.07, 6.45) is 0.758. The lowest BCUT2D eigenvalue weighted by molar-refractivity contribution is -0.157. The van der Waals surface area contributed by atoms with Gasteiger partial charge in [-0.2, -0.15) is 0 Å². The molecule has 3 fully saturated rings. The number of likely N-dealkylation sites (tertiary alicyclic amines) is 1. The van der Waals surface area contributed by atoms with E-state index in [1.807, 2.05) is 11.0 Å². The highest BCUT2D eigenvalue weighted by atomic mass is 16.3. The first-order valence-electron chi connectivity index (χ1n) is 9.19. The molecular weight excluding hydrogens is 318 g/mol. The lowest BCUT2D eigenvalue weighted by Crippen LogP contribution is -2.78. The van der Waals surface area contributed by atoms with Crippen LogP contribution in [0.2, 0.25) is 0 Å². The summed E-state index contributed by atoms with van der Waals surface area (Å²) < 4.78 is 0. The molecule has 0 bridgehead atoms. The van der Waals surface area contributed by atoms with Crippen LogP contribution in [0.3, 0.4) is 0 Å². The monoisotopic (exact) mass is 345 g/mol. The molecule has 1 aromatic rings. The van der Waals surface area contributed by atoms with Crippen molar-refractivity contribution < 1.29 is 15.0 Å². The molecule has 0 unspecified atom stereocenters. The Morgan fingerprint density at radius 1 is 1.16 bits per heavy atom. The molecule has 0 aromatic heterocycles. The van der Waals surface area contributed by atoms with Crippen LogP contribution in [-0.4, -0.2) is 87.8 Å². The SMILES string of the molecule is O=C(CCO)N1CC2(CN(Cc3ccccc3)C[C@H]3C[C@@H](O)CN32)C1. The van der Waals surface area contributed by atoms with E-state index < -0.39 is 0 Å². The summed E-state index contributed by atoms with van der Waals surface area (Å²) in [6.45, 7) is 4.85. The van der Waals surface area contributed by atoms with Gasteiger partial charge >= 0.3 is 0 Å². The van der Waals surface area contributed by atoms with Crippen molar-refractivity contribution in [1.82, 2.24) is 14.7 Å². The Kier molecular flexibility index (Phi) is 4.54. The highest BCUT2D eigenvalue weighted by Gasteiger charge is 2.56. The maximum absolute atomic E-state index is 12.1. The van der Waals surface area contributed by atoms with Crippen LogP contribution in [0.25, 0.3) is 0 Å². The van der Waals surface area contributed by atoms with Gasteiger partial charge in [0.1, 0.15) is 0 Å². The van der Waals surface area contributed by atoms with Crippen molar-refractivity contribution >= 4 is 5.91 Å². The molecule has 0 radical (unpaired) electrons. The molecule has 1 spiro atoms. The van der Waals surface area contributed by atoms with Gasteiger partial charge in [-0.05, 0) is 12.0 Å². The molecule has 3 saturated heterocycles. The van der Waals surface area contributed by atoms with Crippen LogP contribution in [0.4, 0.5) is 0 Å². The maximum Gasteiger partial charge on any atom is 0.225 e. The number of nitrogens with zero attached hydrogens (tertiary/aromatic N) is 3. The Balaban J connectivity index is 1.48. The topological polar surface area (TPSA) is 67.2 Å². The van der Waals surface area contributed by atoms with Gasteiger partial charge in [-0.1, -0.05) is 30.3 Å². The molecule has 25 heavy (non-hydrogen) atoms. The first kappa shape index (κ1) is 17.0. The molecule has 3 heterocycles. The van der Waals surface area contributed by atoms with Gasteiger partial charge < -0.3 is 15.1 Å². The van der Waals surface area contributed by atoms with E-state index in [9.17, 15) is 9.90 Å². The highest BCUT2D eigenvalue weighted by molar-refractivity contribution is 5.77. The normalized spacial score (nSPS) is 28.8. The van der Waals surface area contributed by atoms with E-state index in [2.05, 4.69) is 34.1 Å². The third-order valence-electron chi connectivity index (χ3n) is 5.89. The fourth-order valence-electron chi connectivity index (χ4n) is 4.85. The first-order valence-corrected chi connectivity index (χ1v) is 9.19. The van der Waals surface area contributed by atoms with E-state index >= 15 is 0 Å². The summed E-state index contributed by atoms with van der Waals surface area (Å²) >= 11 is 0. The largest absolute Gasteiger partial charge is 0.396 e. The standard InChI is InChI=1S/C19H27N3O3/c23-7-6-18(25)21-13-19(14-21)12-20(9-15-4-2-1-3-5-15)10-16-8-17(24)11-22(16)19/h1-5,16-17,23-24H,6-14H2/t16-,17-/m1/s1. The molecule has 2 N–H and O–H groups in total. The molecule has 1 amide bonds. The van der Waals surface area contributed by atoms with Crippen LogP contribution in [-0.2, 0) is 11.3 Å². The third kappa shape index (κ3) is 3.19. The summed E-state index contributed by atoms with van der Waals surface area (Å²) in [5.41, 5.74) is 1.26. The van der Waals surface area contributed by atoms with E-state index in [1.165, 1.54) is 5.56 Å². The first-order chi connectivity index (χ1) is 12.1. The van der Waals surface area contributed by atoms with Crippen LogP contribution in [0, 0.1) is 0 Å². The minimum absolute atomic E-state index is 0.0320. The Bertz CT molecular complexity index is 618. The smallest absolute Gasteiger partial charge is 0.225 e. The Morgan fingerprint density at radius 2 is 1.92 bits per heavy atom. The average molecular weight is 345 g/mol. The maximum atomic E-state index is 12.1. The number of carbonyl (C=O) groups excluding carboxylic acids is 1. The van der Waals surface area contributed by atoms with Gasteiger partial charge in [-0.3, -0.25) is 14.6 Å². The Hall–Kier alpha value is -1.47. The number of hydrogen-bond donors (Lipinski definition) is 2. The summed E-state index contributed by atoms with van der Waals surface area (Å²) in [5.74, 6) is 0.0320. The third-order valence-corrected chi connectivity index (χ3v) is 5.89. The zero-order valence-electron chi connectivity index (χ0n) is 14.5. The molecule has 1 aromatic carbocycles. The number of fused-ring (bicyclic) bond motifs is 2. The van der Waals surface area contributed by atoms with Gasteiger partial charge in [-0.25, -0.2) is 0 Å². The van der Waals surface area contributed by atoms with Crippen LogP contribution >= 0.6 is 0 Å². The molecular formula is C19H27N3O3. The molecule has 2 atom stereocenters. The van der Waals surface area contributed by atoms with Crippen molar-refractivity contribution in [3.63, 3.8) is 0 Å². The summed E-state index contributed by atoms with van der Waals surface area (Å²) in [4.78, 5) is 18.8. The molecule has 0 aliphatic carbocycles. The van der Waals surface area contributed by atoms with E-state index in [1.54, 1.807) is 0 Å². The van der Waals surface area contributed by atoms with Gasteiger partial charge in [0.25, 0.3) is 0 Å². The molecule has 6 nitrogen and oxygen atoms in total. The second-order valence-electron chi connectivity index (χ2n) is 7.80. The van der Waals surface area contributed by atoms with Crippen molar-refractivity contribution in [3.8, 4) is 0 Å².